The van der Waals surface area contributed by atoms with E-state index in [2.05, 4.69) is 21.2 Å². The van der Waals surface area contributed by atoms with Gasteiger partial charge in [0.1, 0.15) is 5.75 Å². The number of carbonyl (C=O) groups excluding carboxylic acids is 1. The third-order valence-electron chi connectivity index (χ3n) is 2.74. The topological polar surface area (TPSA) is 64.3 Å². The molecule has 0 radical (unpaired) electrons. The van der Waals surface area contributed by atoms with Crippen molar-refractivity contribution in [3.8, 4) is 5.75 Å². The van der Waals surface area contributed by atoms with Crippen molar-refractivity contribution in [2.75, 3.05) is 11.1 Å². The van der Waals surface area contributed by atoms with Crippen molar-refractivity contribution in [1.29, 1.82) is 0 Å². The molecule has 0 aliphatic rings. The molecule has 4 nitrogen and oxygen atoms in total. The number of nitrogens with one attached hydrogen (secondary N) is 1. The third kappa shape index (κ3) is 4.37. The number of benzene rings is 2. The van der Waals surface area contributed by atoms with Gasteiger partial charge in [-0.1, -0.05) is 27.5 Å². The maximum absolute atomic E-state index is 12.1. The number of hydrogen-bond donors (Lipinski definition) is 2. The van der Waals surface area contributed by atoms with Gasteiger partial charge in [-0.15, -0.1) is 0 Å². The van der Waals surface area contributed by atoms with Crippen LogP contribution >= 0.6 is 27.5 Å². The minimum Gasteiger partial charge on any atom is -0.479 e. The highest BCUT2D eigenvalue weighted by Gasteiger charge is 2.16. The van der Waals surface area contributed by atoms with Gasteiger partial charge in [0.2, 0.25) is 0 Å². The van der Waals surface area contributed by atoms with Crippen LogP contribution < -0.4 is 15.8 Å². The molecule has 2 aromatic carbocycles. The summed E-state index contributed by atoms with van der Waals surface area (Å²) in [6.45, 7) is 1.66. The van der Waals surface area contributed by atoms with Crippen LogP contribution in [-0.4, -0.2) is 12.0 Å². The summed E-state index contributed by atoms with van der Waals surface area (Å²) in [5.41, 5.74) is 6.89. The van der Waals surface area contributed by atoms with Crippen LogP contribution in [0.4, 0.5) is 11.4 Å². The molecule has 0 aromatic heterocycles. The van der Waals surface area contributed by atoms with Crippen LogP contribution in [0.5, 0.6) is 5.75 Å². The van der Waals surface area contributed by atoms with E-state index < -0.39 is 6.10 Å². The Labute approximate surface area is 136 Å². The minimum atomic E-state index is -0.686. The summed E-state index contributed by atoms with van der Waals surface area (Å²) in [4.78, 5) is 12.1. The lowest BCUT2D eigenvalue weighted by atomic mass is 10.2. The summed E-state index contributed by atoms with van der Waals surface area (Å²) >= 11 is 9.36. The largest absolute Gasteiger partial charge is 0.479 e. The molecule has 2 aromatic rings. The maximum atomic E-state index is 12.1. The van der Waals surface area contributed by atoms with Crippen molar-refractivity contribution < 1.29 is 9.53 Å². The zero-order chi connectivity index (χ0) is 15.4. The van der Waals surface area contributed by atoms with Gasteiger partial charge in [-0.2, -0.15) is 0 Å². The Kier molecular flexibility index (Phi) is 5.09. The van der Waals surface area contributed by atoms with Crippen molar-refractivity contribution in [3.05, 3.63) is 52.0 Å². The number of amides is 1. The highest BCUT2D eigenvalue weighted by Crippen LogP contribution is 2.28. The molecule has 0 aliphatic heterocycles. The van der Waals surface area contributed by atoms with Gasteiger partial charge in [0.25, 0.3) is 5.91 Å². The van der Waals surface area contributed by atoms with Crippen LogP contribution in [0.2, 0.25) is 5.02 Å². The van der Waals surface area contributed by atoms with Crippen molar-refractivity contribution >= 4 is 44.8 Å². The Morgan fingerprint density at radius 1 is 1.29 bits per heavy atom. The van der Waals surface area contributed by atoms with Gasteiger partial charge in [0.05, 0.1) is 5.02 Å². The van der Waals surface area contributed by atoms with E-state index in [0.29, 0.717) is 22.1 Å². The van der Waals surface area contributed by atoms with Crippen molar-refractivity contribution in [2.45, 2.75) is 13.0 Å². The molecule has 3 N–H and O–H groups in total. The molecule has 0 spiro atoms. The highest BCUT2D eigenvalue weighted by atomic mass is 79.9. The van der Waals surface area contributed by atoms with E-state index in [-0.39, 0.29) is 5.91 Å². The quantitative estimate of drug-likeness (QED) is 0.798. The molecule has 110 valence electrons. The first-order valence-corrected chi connectivity index (χ1v) is 7.41. The number of rotatable bonds is 4. The summed E-state index contributed by atoms with van der Waals surface area (Å²) in [5, 5.41) is 3.20. The van der Waals surface area contributed by atoms with Crippen molar-refractivity contribution in [3.63, 3.8) is 0 Å². The van der Waals surface area contributed by atoms with Crippen LogP contribution in [0, 0.1) is 0 Å². The van der Waals surface area contributed by atoms with E-state index in [4.69, 9.17) is 22.1 Å². The molecular formula is C15H14BrClN2O2. The number of nitrogen functional groups attached to an aromatic ring is 1. The fourth-order valence-corrected chi connectivity index (χ4v) is 2.12. The monoisotopic (exact) mass is 368 g/mol. The summed E-state index contributed by atoms with van der Waals surface area (Å²) in [7, 11) is 0. The zero-order valence-electron chi connectivity index (χ0n) is 11.3. The van der Waals surface area contributed by atoms with Crippen LogP contribution in [0.25, 0.3) is 0 Å². The molecule has 0 fully saturated rings. The standard InChI is InChI=1S/C15H14BrClN2O2/c1-9(21-14-8-10(16)2-7-13(14)17)15(20)19-12-5-3-11(18)4-6-12/h2-9H,18H2,1H3,(H,19,20). The summed E-state index contributed by atoms with van der Waals surface area (Å²) in [6, 6.07) is 12.1. The fraction of sp³-hybridized carbons (Fsp3) is 0.133. The van der Waals surface area contributed by atoms with E-state index in [1.165, 1.54) is 0 Å². The van der Waals surface area contributed by atoms with E-state index in [1.807, 2.05) is 0 Å². The first-order chi connectivity index (χ1) is 9.95. The number of hydrogen-bond acceptors (Lipinski definition) is 3. The molecule has 1 amide bonds. The fourth-order valence-electron chi connectivity index (χ4n) is 1.62. The Morgan fingerprint density at radius 3 is 2.62 bits per heavy atom. The Bertz CT molecular complexity index is 647. The number of halogens is 2. The van der Waals surface area contributed by atoms with Crippen molar-refractivity contribution in [2.24, 2.45) is 0 Å². The smallest absolute Gasteiger partial charge is 0.265 e. The normalized spacial score (nSPS) is 11.8. The highest BCUT2D eigenvalue weighted by molar-refractivity contribution is 9.10. The second kappa shape index (κ2) is 6.83. The maximum Gasteiger partial charge on any atom is 0.265 e. The summed E-state index contributed by atoms with van der Waals surface area (Å²) in [6.07, 6.45) is -0.686. The van der Waals surface area contributed by atoms with Gasteiger partial charge in [-0.3, -0.25) is 4.79 Å². The lowest BCUT2D eigenvalue weighted by Gasteiger charge is -2.16. The van der Waals surface area contributed by atoms with E-state index in [9.17, 15) is 4.79 Å². The average molecular weight is 370 g/mol. The molecule has 0 heterocycles. The molecule has 0 bridgehead atoms. The van der Waals surface area contributed by atoms with Crippen molar-refractivity contribution in [1.82, 2.24) is 0 Å². The van der Waals surface area contributed by atoms with E-state index >= 15 is 0 Å². The summed E-state index contributed by atoms with van der Waals surface area (Å²) < 4.78 is 6.41. The molecule has 0 saturated carbocycles. The Hall–Kier alpha value is -1.72. The molecule has 0 saturated heterocycles. The Balaban J connectivity index is 2.02. The lowest BCUT2D eigenvalue weighted by Crippen LogP contribution is -2.30. The van der Waals surface area contributed by atoms with Crippen LogP contribution in [0.15, 0.2) is 46.9 Å². The minimum absolute atomic E-state index is 0.268. The predicted octanol–water partition coefficient (Wildman–Crippen LogP) is 4.09. The molecule has 0 aliphatic carbocycles. The van der Waals surface area contributed by atoms with Gasteiger partial charge in [0, 0.05) is 15.8 Å². The van der Waals surface area contributed by atoms with Gasteiger partial charge in [0.15, 0.2) is 6.10 Å². The third-order valence-corrected chi connectivity index (χ3v) is 3.55. The second-order valence-electron chi connectivity index (χ2n) is 4.45. The molecule has 1 atom stereocenters. The molecule has 1 unspecified atom stereocenters. The molecular weight excluding hydrogens is 356 g/mol. The second-order valence-corrected chi connectivity index (χ2v) is 5.77. The number of nitrogens with two attached hydrogens (primary N) is 1. The SMILES string of the molecule is CC(Oc1cc(Br)ccc1Cl)C(=O)Nc1ccc(N)cc1. The average Bonchev–Trinajstić information content (AvgIpc) is 2.45. The van der Waals surface area contributed by atoms with Crippen LogP contribution in [0.3, 0.4) is 0 Å². The molecule has 2 rings (SSSR count). The predicted molar refractivity (Wildman–Crippen MR) is 88.7 cm³/mol. The molecule has 6 heteroatoms. The van der Waals surface area contributed by atoms with Crippen LogP contribution in [-0.2, 0) is 4.79 Å². The number of ether oxygens (including phenoxy) is 1. The van der Waals surface area contributed by atoms with Gasteiger partial charge < -0.3 is 15.8 Å². The van der Waals surface area contributed by atoms with E-state index in [0.717, 1.165) is 4.47 Å². The Morgan fingerprint density at radius 2 is 1.95 bits per heavy atom. The number of anilines is 2. The first-order valence-electron chi connectivity index (χ1n) is 6.24. The zero-order valence-corrected chi connectivity index (χ0v) is 13.6. The van der Waals surface area contributed by atoms with Gasteiger partial charge >= 0.3 is 0 Å². The number of carbonyl (C=O) groups is 1. The van der Waals surface area contributed by atoms with E-state index in [1.54, 1.807) is 49.4 Å². The first kappa shape index (κ1) is 15.7. The van der Waals surface area contributed by atoms with Crippen LogP contribution in [0.1, 0.15) is 6.92 Å². The summed E-state index contributed by atoms with van der Waals surface area (Å²) in [5.74, 6) is 0.182. The lowest BCUT2D eigenvalue weighted by molar-refractivity contribution is -0.122. The van der Waals surface area contributed by atoms with Gasteiger partial charge in [-0.05, 0) is 49.4 Å². The molecule has 21 heavy (non-hydrogen) atoms. The van der Waals surface area contributed by atoms with Gasteiger partial charge in [-0.25, -0.2) is 0 Å².